The van der Waals surface area contributed by atoms with E-state index in [-0.39, 0.29) is 34.7 Å². The number of likely N-dealkylation sites (tertiary alicyclic amines) is 1. The summed E-state index contributed by atoms with van der Waals surface area (Å²) >= 11 is 5.82. The molecule has 0 bridgehead atoms. The normalized spacial score (nSPS) is 16.6. The van der Waals surface area contributed by atoms with Crippen LogP contribution in [-0.4, -0.2) is 44.4 Å². The number of halogens is 1. The number of anilines is 1. The van der Waals surface area contributed by atoms with Gasteiger partial charge in [-0.25, -0.2) is 13.2 Å². The van der Waals surface area contributed by atoms with E-state index >= 15 is 0 Å². The number of carbonyl (C=O) groups is 2. The Balaban J connectivity index is 1.70. The summed E-state index contributed by atoms with van der Waals surface area (Å²) in [6, 6.07) is 11.9. The number of piperidine rings is 1. The number of hydrogen-bond acceptors (Lipinski definition) is 5. The van der Waals surface area contributed by atoms with E-state index in [1.807, 2.05) is 6.92 Å². The molecule has 2 aromatic rings. The maximum absolute atomic E-state index is 12.7. The van der Waals surface area contributed by atoms with Crippen LogP contribution < -0.4 is 4.72 Å². The molecule has 0 radical (unpaired) electrons. The fourth-order valence-corrected chi connectivity index (χ4v) is 4.81. The molecule has 0 saturated carbocycles. The summed E-state index contributed by atoms with van der Waals surface area (Å²) in [5.41, 5.74) is 0.0952. The number of carbonyl (C=O) groups excluding carboxylic acids is 2. The lowest BCUT2D eigenvalue weighted by molar-refractivity contribution is -0.138. The molecule has 9 heteroatoms. The Kier molecular flexibility index (Phi) is 7.56. The second-order valence-corrected chi connectivity index (χ2v) is 9.44. The topological polar surface area (TPSA) is 92.8 Å². The molecule has 31 heavy (non-hydrogen) atoms. The molecule has 3 rings (SSSR count). The van der Waals surface area contributed by atoms with Gasteiger partial charge >= 0.3 is 5.97 Å². The zero-order chi connectivity index (χ0) is 22.4. The van der Waals surface area contributed by atoms with Gasteiger partial charge in [-0.2, -0.15) is 0 Å². The summed E-state index contributed by atoms with van der Waals surface area (Å²) in [6.45, 7) is 2.31. The lowest BCUT2D eigenvalue weighted by atomic mass is 10.00. The minimum atomic E-state index is -3.94. The van der Waals surface area contributed by atoms with Gasteiger partial charge in [0, 0.05) is 17.6 Å². The highest BCUT2D eigenvalue weighted by atomic mass is 35.5. The van der Waals surface area contributed by atoms with Crippen LogP contribution in [0, 0.1) is 0 Å². The van der Waals surface area contributed by atoms with Gasteiger partial charge in [-0.1, -0.05) is 30.7 Å². The first-order chi connectivity index (χ1) is 14.8. The van der Waals surface area contributed by atoms with Crippen LogP contribution in [0.3, 0.4) is 0 Å². The molecule has 0 spiro atoms. The molecule has 1 atom stereocenters. The summed E-state index contributed by atoms with van der Waals surface area (Å²) in [4.78, 5) is 27.0. The van der Waals surface area contributed by atoms with Crippen LogP contribution in [0.2, 0.25) is 5.02 Å². The number of nitrogens with one attached hydrogen (secondary N) is 1. The molecule has 166 valence electrons. The van der Waals surface area contributed by atoms with Crippen molar-refractivity contribution in [1.82, 2.24) is 4.90 Å². The van der Waals surface area contributed by atoms with E-state index < -0.39 is 16.0 Å². The van der Waals surface area contributed by atoms with Crippen LogP contribution >= 0.6 is 11.6 Å². The van der Waals surface area contributed by atoms with E-state index in [2.05, 4.69) is 4.72 Å². The summed E-state index contributed by atoms with van der Waals surface area (Å²) < 4.78 is 33.0. The first-order valence-corrected chi connectivity index (χ1v) is 12.0. The smallest absolute Gasteiger partial charge is 0.340 e. The van der Waals surface area contributed by atoms with E-state index in [9.17, 15) is 18.0 Å². The molecule has 1 aliphatic heterocycles. The quantitative estimate of drug-likeness (QED) is 0.623. The molecule has 0 aliphatic carbocycles. The number of nitrogens with zero attached hydrogens (tertiary/aromatic N) is 1. The number of sulfonamides is 1. The number of hydrogen-bond donors (Lipinski definition) is 1. The third kappa shape index (κ3) is 5.77. The van der Waals surface area contributed by atoms with Gasteiger partial charge in [-0.15, -0.1) is 0 Å². The van der Waals surface area contributed by atoms with E-state index in [0.29, 0.717) is 11.6 Å². The zero-order valence-corrected chi connectivity index (χ0v) is 18.8. The van der Waals surface area contributed by atoms with Crippen LogP contribution in [0.5, 0.6) is 0 Å². The molecular weight excluding hydrogens is 440 g/mol. The molecule has 2 aromatic carbocycles. The summed E-state index contributed by atoms with van der Waals surface area (Å²) in [7, 11) is -3.94. The van der Waals surface area contributed by atoms with Crippen molar-refractivity contribution in [3.63, 3.8) is 0 Å². The highest BCUT2D eigenvalue weighted by Gasteiger charge is 2.26. The first-order valence-electron chi connectivity index (χ1n) is 10.2. The third-order valence-corrected chi connectivity index (χ3v) is 6.89. The van der Waals surface area contributed by atoms with Gasteiger partial charge in [-0.3, -0.25) is 9.52 Å². The van der Waals surface area contributed by atoms with Crippen LogP contribution in [0.1, 0.15) is 43.0 Å². The first kappa shape index (κ1) is 23.1. The van der Waals surface area contributed by atoms with Crippen molar-refractivity contribution in [2.45, 2.75) is 43.5 Å². The van der Waals surface area contributed by atoms with Crippen molar-refractivity contribution in [1.29, 1.82) is 0 Å². The van der Waals surface area contributed by atoms with Gasteiger partial charge in [0.05, 0.1) is 16.1 Å². The molecule has 1 saturated heterocycles. The number of ether oxygens (including phenoxy) is 1. The Bertz CT molecular complexity index is 1040. The lowest BCUT2D eigenvalue weighted by Gasteiger charge is -2.35. The Hall–Kier alpha value is -2.58. The van der Waals surface area contributed by atoms with E-state index in [0.717, 1.165) is 25.7 Å². The highest BCUT2D eigenvalue weighted by Crippen LogP contribution is 2.23. The molecule has 1 aliphatic rings. The van der Waals surface area contributed by atoms with Crippen molar-refractivity contribution >= 4 is 39.2 Å². The maximum atomic E-state index is 12.7. The Morgan fingerprint density at radius 2 is 1.84 bits per heavy atom. The summed E-state index contributed by atoms with van der Waals surface area (Å²) in [5, 5.41) is 0.409. The van der Waals surface area contributed by atoms with Crippen LogP contribution in [0.4, 0.5) is 5.69 Å². The molecule has 1 amide bonds. The second kappa shape index (κ2) is 10.2. The van der Waals surface area contributed by atoms with Gasteiger partial charge in [0.25, 0.3) is 15.9 Å². The molecule has 1 heterocycles. The predicted octanol–water partition coefficient (Wildman–Crippen LogP) is 4.09. The van der Waals surface area contributed by atoms with Crippen LogP contribution in [0.25, 0.3) is 0 Å². The van der Waals surface area contributed by atoms with Gasteiger partial charge < -0.3 is 9.64 Å². The zero-order valence-electron chi connectivity index (χ0n) is 17.2. The van der Waals surface area contributed by atoms with Crippen molar-refractivity contribution in [2.75, 3.05) is 17.9 Å². The van der Waals surface area contributed by atoms with Crippen molar-refractivity contribution < 1.29 is 22.7 Å². The third-order valence-electron chi connectivity index (χ3n) is 5.26. The van der Waals surface area contributed by atoms with Crippen molar-refractivity contribution in [2.24, 2.45) is 0 Å². The van der Waals surface area contributed by atoms with Gasteiger partial charge in [0.2, 0.25) is 0 Å². The molecule has 7 nitrogen and oxygen atoms in total. The molecule has 1 N–H and O–H groups in total. The fraction of sp³-hybridized carbons (Fsp3) is 0.364. The van der Waals surface area contributed by atoms with Gasteiger partial charge in [-0.05, 0) is 62.1 Å². The maximum Gasteiger partial charge on any atom is 0.340 e. The minimum Gasteiger partial charge on any atom is -0.452 e. The average molecular weight is 465 g/mol. The number of benzene rings is 2. The molecule has 0 aromatic heterocycles. The van der Waals surface area contributed by atoms with Crippen molar-refractivity contribution in [3.05, 3.63) is 59.1 Å². The minimum absolute atomic E-state index is 0.00551. The van der Waals surface area contributed by atoms with Crippen LogP contribution in [0.15, 0.2) is 53.4 Å². The molecule has 1 unspecified atom stereocenters. The monoisotopic (exact) mass is 464 g/mol. The average Bonchev–Trinajstić information content (AvgIpc) is 2.77. The van der Waals surface area contributed by atoms with E-state index in [1.165, 1.54) is 36.4 Å². The number of para-hydroxylation sites is 1. The lowest BCUT2D eigenvalue weighted by Crippen LogP contribution is -2.45. The van der Waals surface area contributed by atoms with Gasteiger partial charge in [0.1, 0.15) is 0 Å². The molecular formula is C22H25ClN2O5S. The molecule has 1 fully saturated rings. The Morgan fingerprint density at radius 1 is 1.13 bits per heavy atom. The SMILES string of the molecule is CCC1CCCCN1C(=O)COC(=O)c1ccccc1NS(=O)(=O)c1ccc(Cl)cc1. The van der Waals surface area contributed by atoms with Crippen molar-refractivity contribution in [3.8, 4) is 0 Å². The number of amides is 1. The van der Waals surface area contributed by atoms with E-state index in [4.69, 9.17) is 16.3 Å². The van der Waals surface area contributed by atoms with Gasteiger partial charge in [0.15, 0.2) is 6.61 Å². The number of esters is 1. The highest BCUT2D eigenvalue weighted by molar-refractivity contribution is 7.92. The summed E-state index contributed by atoms with van der Waals surface area (Å²) in [5.74, 6) is -1.01. The second-order valence-electron chi connectivity index (χ2n) is 7.33. The Labute approximate surface area is 187 Å². The largest absolute Gasteiger partial charge is 0.452 e. The van der Waals surface area contributed by atoms with Crippen LogP contribution in [-0.2, 0) is 19.6 Å². The Morgan fingerprint density at radius 3 is 2.55 bits per heavy atom. The standard InChI is InChI=1S/C22H25ClN2O5S/c1-2-17-7-5-6-14-25(17)21(26)15-30-22(27)19-8-3-4-9-20(19)24-31(28,29)18-12-10-16(23)11-13-18/h3-4,8-13,17,24H,2,5-7,14-15H2,1H3. The number of rotatable bonds is 7. The van der Waals surface area contributed by atoms with E-state index in [1.54, 1.807) is 17.0 Å². The predicted molar refractivity (Wildman–Crippen MR) is 119 cm³/mol. The summed E-state index contributed by atoms with van der Waals surface area (Å²) in [6.07, 6.45) is 3.83. The fourth-order valence-electron chi connectivity index (χ4n) is 3.61.